The molecule has 1 amide bonds. The highest BCUT2D eigenvalue weighted by Crippen LogP contribution is 2.26. The van der Waals surface area contributed by atoms with Gasteiger partial charge < -0.3 is 47.7 Å². The second-order valence-electron chi connectivity index (χ2n) is 23.3. The van der Waals surface area contributed by atoms with Gasteiger partial charge in [-0.15, -0.1) is 0 Å². The predicted octanol–water partition coefficient (Wildman–Crippen LogP) is 11.7. The van der Waals surface area contributed by atoms with Gasteiger partial charge in [-0.05, 0) is 118 Å². The van der Waals surface area contributed by atoms with Crippen LogP contribution in [0.1, 0.15) is 109 Å². The first kappa shape index (κ1) is 70.1. The zero-order valence-corrected chi connectivity index (χ0v) is 51.4. The largest absolute Gasteiger partial charge is 0.469 e. The van der Waals surface area contributed by atoms with Crippen LogP contribution >= 0.6 is 0 Å². The Hall–Kier alpha value is -6.20. The van der Waals surface area contributed by atoms with Gasteiger partial charge in [-0.3, -0.25) is 14.5 Å². The average molecular weight is 1140 g/mol. The highest BCUT2D eigenvalue weighted by Gasteiger charge is 2.47. The fraction of sp³-hybridized carbons (Fsp3) is 0.522. The first-order valence-corrected chi connectivity index (χ1v) is 28.2. The highest BCUT2D eigenvalue weighted by molar-refractivity contribution is 5.86. The summed E-state index contributed by atoms with van der Waals surface area (Å²) in [7, 11) is 2.60. The Labute approximate surface area is 489 Å². The zero-order valence-electron chi connectivity index (χ0n) is 51.4. The van der Waals surface area contributed by atoms with Crippen LogP contribution in [0, 0.1) is 31.6 Å². The van der Waals surface area contributed by atoms with Crippen molar-refractivity contribution in [3.05, 3.63) is 167 Å². The van der Waals surface area contributed by atoms with Crippen molar-refractivity contribution in [1.29, 1.82) is 0 Å². The number of esters is 3. The highest BCUT2D eigenvalue weighted by atomic mass is 16.6. The molecule has 1 heterocycles. The van der Waals surface area contributed by atoms with Crippen LogP contribution in [0.15, 0.2) is 133 Å². The minimum absolute atomic E-state index is 0.0166. The maximum Gasteiger partial charge on any atom is 0.411 e. The normalized spacial score (nSPS) is 15.5. The van der Waals surface area contributed by atoms with Crippen LogP contribution in [0.2, 0.25) is 0 Å². The number of carbonyl (C=O) groups is 4. The van der Waals surface area contributed by atoms with Crippen molar-refractivity contribution < 1.29 is 66.9 Å². The lowest BCUT2D eigenvalue weighted by Crippen LogP contribution is -2.40. The SMILES string of the molecule is C=C(C)CO[C@H]([C@H](CO)Cc1ccc(C)cc1)[C@H](C)OCc1ccccc1.C=C(C)CO[C@H]([C@H](COC[C@H](CC(=O)OC(C)(C)C)C(=O)OC)Cc1ccc(C)cc1)[C@H](C)OCc1ccccc1.COC(=O)[C@@H]1CN1C(=O)OC(C)(C)C. The number of aliphatic hydroxyl groups is 1. The molecule has 4 aromatic carbocycles. The van der Waals surface area contributed by atoms with Gasteiger partial charge in [-0.2, -0.15) is 0 Å². The van der Waals surface area contributed by atoms with Crippen LogP contribution in [0.5, 0.6) is 0 Å². The number of hydrogen-bond donors (Lipinski definition) is 1. The summed E-state index contributed by atoms with van der Waals surface area (Å²) >= 11 is 0. The molecule has 1 saturated heterocycles. The number of amides is 1. The monoisotopic (exact) mass is 1140 g/mol. The van der Waals surface area contributed by atoms with E-state index in [1.54, 1.807) is 41.5 Å². The third kappa shape index (κ3) is 28.2. The molecular weight excluding hydrogens is 1040 g/mol. The van der Waals surface area contributed by atoms with Gasteiger partial charge in [0, 0.05) is 18.4 Å². The molecule has 15 heteroatoms. The molecule has 1 aliphatic rings. The van der Waals surface area contributed by atoms with Crippen molar-refractivity contribution in [1.82, 2.24) is 4.90 Å². The summed E-state index contributed by atoms with van der Waals surface area (Å²) < 4.78 is 51.0. The molecule has 0 unspecified atom stereocenters. The van der Waals surface area contributed by atoms with E-state index in [4.69, 9.17) is 37.9 Å². The summed E-state index contributed by atoms with van der Waals surface area (Å²) in [6, 6.07) is 36.5. The topological polar surface area (TPSA) is 175 Å². The fourth-order valence-electron chi connectivity index (χ4n) is 8.51. The van der Waals surface area contributed by atoms with Crippen LogP contribution in [-0.4, -0.2) is 129 Å². The Morgan fingerprint density at radius 2 is 1.04 bits per heavy atom. The van der Waals surface area contributed by atoms with Crippen molar-refractivity contribution in [3.63, 3.8) is 0 Å². The molecule has 452 valence electrons. The summed E-state index contributed by atoms with van der Waals surface area (Å²) in [5, 5.41) is 10.1. The number of hydrogen-bond acceptors (Lipinski definition) is 14. The predicted molar refractivity (Wildman–Crippen MR) is 320 cm³/mol. The van der Waals surface area contributed by atoms with E-state index in [1.165, 1.54) is 35.8 Å². The second-order valence-corrected chi connectivity index (χ2v) is 23.3. The standard InChI is InChI=1S/C34H48O7.C24H32O3.C9H15NO4/c1-24(2)20-40-32(26(4)39-21-28-12-10-9-11-13-28)29(18-27-16-14-25(3)15-17-27)22-38-23-30(33(36)37-8)19-31(35)41-34(5,6)7;1-18(2)16-27-24(20(4)26-17-22-8-6-5-7-9-22)23(15-25)14-21-12-10-19(3)11-13-21;1-9(2,3)14-8(12)10-5-6(10)7(11)13-4/h9-17,26,29-30,32H,1,18-23H2,2-8H3;5-13,20,23-25H,1,14-17H2,2-4H3;6H,5H2,1-4H3/t26-,29-,30-,32-;20-,23-,24-;6-,10?/m000/s1. The number of rotatable bonds is 29. The molecule has 0 spiro atoms. The smallest absolute Gasteiger partial charge is 0.411 e. The Morgan fingerprint density at radius 1 is 0.598 bits per heavy atom. The number of aliphatic hydroxyl groups excluding tert-OH is 1. The van der Waals surface area contributed by atoms with Crippen molar-refractivity contribution in [2.45, 2.75) is 157 Å². The van der Waals surface area contributed by atoms with Crippen LogP contribution < -0.4 is 0 Å². The number of carbonyl (C=O) groups excluding carboxylic acids is 4. The minimum Gasteiger partial charge on any atom is -0.469 e. The van der Waals surface area contributed by atoms with Gasteiger partial charge in [-0.1, -0.05) is 145 Å². The van der Waals surface area contributed by atoms with E-state index < -0.39 is 47.2 Å². The summed E-state index contributed by atoms with van der Waals surface area (Å²) in [4.78, 5) is 48.6. The number of nitrogens with zero attached hydrogens (tertiary/aromatic N) is 1. The molecule has 1 aliphatic heterocycles. The lowest BCUT2D eigenvalue weighted by Gasteiger charge is -2.32. The molecule has 0 saturated carbocycles. The lowest BCUT2D eigenvalue weighted by atomic mass is 9.91. The minimum atomic E-state index is -0.781. The van der Waals surface area contributed by atoms with Crippen molar-refractivity contribution in [3.8, 4) is 0 Å². The molecule has 0 aromatic heterocycles. The van der Waals surface area contributed by atoms with Gasteiger partial charge in [0.15, 0.2) is 6.04 Å². The van der Waals surface area contributed by atoms with Gasteiger partial charge in [-0.25, -0.2) is 9.59 Å². The first-order valence-electron chi connectivity index (χ1n) is 28.2. The number of methoxy groups -OCH3 is 2. The summed E-state index contributed by atoms with van der Waals surface area (Å²) in [6.07, 6.45) is -0.104. The van der Waals surface area contributed by atoms with Gasteiger partial charge in [0.1, 0.15) is 11.2 Å². The van der Waals surface area contributed by atoms with Crippen LogP contribution in [-0.2, 0) is 83.1 Å². The molecule has 5 rings (SSSR count). The van der Waals surface area contributed by atoms with Gasteiger partial charge >= 0.3 is 24.0 Å². The zero-order chi connectivity index (χ0) is 61.0. The molecule has 82 heavy (non-hydrogen) atoms. The van der Waals surface area contributed by atoms with Crippen molar-refractivity contribution in [2.24, 2.45) is 17.8 Å². The second kappa shape index (κ2) is 35.7. The van der Waals surface area contributed by atoms with Crippen molar-refractivity contribution >= 4 is 24.0 Å². The van der Waals surface area contributed by atoms with Crippen LogP contribution in [0.3, 0.4) is 0 Å². The van der Waals surface area contributed by atoms with E-state index in [9.17, 15) is 24.3 Å². The van der Waals surface area contributed by atoms with E-state index >= 15 is 0 Å². The van der Waals surface area contributed by atoms with Crippen LogP contribution in [0.4, 0.5) is 4.79 Å². The fourth-order valence-corrected chi connectivity index (χ4v) is 8.51. The number of benzene rings is 4. The Kier molecular flexibility index (Phi) is 30.5. The maximum absolute atomic E-state index is 12.5. The molecule has 0 aliphatic carbocycles. The lowest BCUT2D eigenvalue weighted by molar-refractivity contribution is -0.162. The Balaban J connectivity index is 0.000000365. The molecule has 4 aromatic rings. The molecule has 1 fully saturated rings. The Bertz CT molecular complexity index is 2520. The summed E-state index contributed by atoms with van der Waals surface area (Å²) in [6.45, 7) is 33.2. The van der Waals surface area contributed by atoms with Gasteiger partial charge in [0.2, 0.25) is 0 Å². The first-order chi connectivity index (χ1) is 38.7. The Morgan fingerprint density at radius 3 is 1.44 bits per heavy atom. The average Bonchev–Trinajstić information content (AvgIpc) is 4.34. The number of ether oxygens (including phenoxy) is 9. The molecule has 1 N–H and O–H groups in total. The van der Waals surface area contributed by atoms with E-state index in [0.29, 0.717) is 39.4 Å². The van der Waals surface area contributed by atoms with E-state index in [1.807, 2.05) is 88.4 Å². The quantitative estimate of drug-likeness (QED) is 0.0235. The van der Waals surface area contributed by atoms with Crippen LogP contribution in [0.25, 0.3) is 0 Å². The molecule has 8 atom stereocenters. The summed E-state index contributed by atoms with van der Waals surface area (Å²) in [5.41, 5.74) is 7.63. The summed E-state index contributed by atoms with van der Waals surface area (Å²) in [5.74, 6) is -2.31. The molecule has 15 nitrogen and oxygen atoms in total. The van der Waals surface area contributed by atoms with Gasteiger partial charge in [0.25, 0.3) is 0 Å². The third-order valence-electron chi connectivity index (χ3n) is 12.8. The van der Waals surface area contributed by atoms with E-state index in [0.717, 1.165) is 34.3 Å². The molecule has 0 bridgehead atoms. The van der Waals surface area contributed by atoms with E-state index in [-0.39, 0.29) is 62.5 Å². The molecule has 0 radical (unpaired) electrons. The van der Waals surface area contributed by atoms with Crippen molar-refractivity contribution in [2.75, 3.05) is 53.8 Å². The van der Waals surface area contributed by atoms with Gasteiger partial charge in [0.05, 0.1) is 97.2 Å². The number of aryl methyl sites for hydroxylation is 2. The third-order valence-corrected chi connectivity index (χ3v) is 12.8. The maximum atomic E-state index is 12.5. The van der Waals surface area contributed by atoms with E-state index in [2.05, 4.69) is 80.3 Å². The molecular formula is C67H95NO14.